The number of amides is 1. The average molecular weight is 301 g/mol. The van der Waals surface area contributed by atoms with E-state index in [1.165, 1.54) is 18.4 Å². The molecule has 1 rings (SSSR count). The minimum absolute atomic E-state index is 0.166. The summed E-state index contributed by atoms with van der Waals surface area (Å²) >= 11 is 1.36. The van der Waals surface area contributed by atoms with E-state index in [0.717, 1.165) is 0 Å². The summed E-state index contributed by atoms with van der Waals surface area (Å²) in [5.74, 6) is -0.464. The molecule has 1 aromatic heterocycles. The lowest BCUT2D eigenvalue weighted by atomic mass is 10.3. The zero-order valence-corrected chi connectivity index (χ0v) is 12.4. The fraction of sp³-hybridized carbons (Fsp3) is 0.583. The molecule has 0 aromatic carbocycles. The van der Waals surface area contributed by atoms with Crippen LogP contribution >= 0.6 is 11.3 Å². The molecule has 112 valence electrons. The first-order chi connectivity index (χ1) is 9.65. The van der Waals surface area contributed by atoms with Gasteiger partial charge in [-0.05, 0) is 0 Å². The number of nitrogens with one attached hydrogen (secondary N) is 1. The van der Waals surface area contributed by atoms with Crippen molar-refractivity contribution in [1.82, 2.24) is 9.88 Å². The molecule has 0 spiro atoms. The molecule has 8 heteroatoms. The summed E-state index contributed by atoms with van der Waals surface area (Å²) < 4.78 is 9.58. The van der Waals surface area contributed by atoms with Gasteiger partial charge in [-0.2, -0.15) is 0 Å². The van der Waals surface area contributed by atoms with E-state index >= 15 is 0 Å². The number of hydrogen-bond acceptors (Lipinski definition) is 7. The van der Waals surface area contributed by atoms with Crippen molar-refractivity contribution in [3.8, 4) is 0 Å². The van der Waals surface area contributed by atoms with Gasteiger partial charge in [0, 0.05) is 31.8 Å². The molecule has 0 saturated carbocycles. The lowest BCUT2D eigenvalue weighted by Crippen LogP contribution is -2.37. The number of thiazole rings is 1. The summed E-state index contributed by atoms with van der Waals surface area (Å²) in [4.78, 5) is 28.8. The number of carbonyl (C=O) groups excluding carboxylic acids is 2. The van der Waals surface area contributed by atoms with Crippen LogP contribution in [0.2, 0.25) is 0 Å². The largest absolute Gasteiger partial charge is 0.469 e. The van der Waals surface area contributed by atoms with Crippen LogP contribution in [0.5, 0.6) is 0 Å². The maximum Gasteiger partial charge on any atom is 0.306 e. The SMILES string of the molecule is COCCN(CCC(=O)OC)CC(=O)Nc1nccs1. The fourth-order valence-corrected chi connectivity index (χ4v) is 2.03. The summed E-state index contributed by atoms with van der Waals surface area (Å²) in [6.07, 6.45) is 1.87. The monoisotopic (exact) mass is 301 g/mol. The van der Waals surface area contributed by atoms with Gasteiger partial charge in [-0.25, -0.2) is 4.98 Å². The van der Waals surface area contributed by atoms with Crippen LogP contribution in [0, 0.1) is 0 Å². The number of rotatable bonds is 9. The Morgan fingerprint density at radius 1 is 1.40 bits per heavy atom. The lowest BCUT2D eigenvalue weighted by Gasteiger charge is -2.20. The summed E-state index contributed by atoms with van der Waals surface area (Å²) in [5.41, 5.74) is 0. The smallest absolute Gasteiger partial charge is 0.306 e. The van der Waals surface area contributed by atoms with Crippen molar-refractivity contribution in [2.24, 2.45) is 0 Å². The highest BCUT2D eigenvalue weighted by Gasteiger charge is 2.13. The number of nitrogens with zero attached hydrogens (tertiary/aromatic N) is 2. The molecule has 1 heterocycles. The van der Waals surface area contributed by atoms with Gasteiger partial charge >= 0.3 is 5.97 Å². The Morgan fingerprint density at radius 3 is 2.80 bits per heavy atom. The van der Waals surface area contributed by atoms with E-state index in [0.29, 0.717) is 24.8 Å². The molecule has 1 N–H and O–H groups in total. The van der Waals surface area contributed by atoms with Crippen molar-refractivity contribution in [2.75, 3.05) is 45.8 Å². The summed E-state index contributed by atoms with van der Waals surface area (Å²) in [6.45, 7) is 1.69. The van der Waals surface area contributed by atoms with Crippen molar-refractivity contribution in [3.63, 3.8) is 0 Å². The van der Waals surface area contributed by atoms with E-state index in [4.69, 9.17) is 4.74 Å². The first-order valence-electron chi connectivity index (χ1n) is 6.13. The van der Waals surface area contributed by atoms with Gasteiger partial charge in [0.2, 0.25) is 5.91 Å². The molecule has 0 unspecified atom stereocenters. The highest BCUT2D eigenvalue weighted by atomic mass is 32.1. The van der Waals surface area contributed by atoms with Gasteiger partial charge in [0.15, 0.2) is 5.13 Å². The van der Waals surface area contributed by atoms with Gasteiger partial charge in [-0.3, -0.25) is 14.5 Å². The summed E-state index contributed by atoms with van der Waals surface area (Å²) in [7, 11) is 2.94. The van der Waals surface area contributed by atoms with Crippen LogP contribution in [-0.4, -0.2) is 62.2 Å². The van der Waals surface area contributed by atoms with Crippen LogP contribution in [0.15, 0.2) is 11.6 Å². The first kappa shape index (κ1) is 16.5. The number of carbonyl (C=O) groups is 2. The molecule has 0 radical (unpaired) electrons. The molecule has 20 heavy (non-hydrogen) atoms. The fourth-order valence-electron chi connectivity index (χ4n) is 1.49. The molecule has 0 bridgehead atoms. The van der Waals surface area contributed by atoms with Gasteiger partial charge in [-0.15, -0.1) is 11.3 Å². The van der Waals surface area contributed by atoms with Crippen LogP contribution in [-0.2, 0) is 19.1 Å². The molecule has 0 aliphatic heterocycles. The second kappa shape index (κ2) is 9.40. The van der Waals surface area contributed by atoms with Crippen molar-refractivity contribution >= 4 is 28.3 Å². The third kappa shape index (κ3) is 6.60. The number of methoxy groups -OCH3 is 2. The normalized spacial score (nSPS) is 10.6. The predicted octanol–water partition coefficient (Wildman–Crippen LogP) is 0.593. The molecule has 0 fully saturated rings. The van der Waals surface area contributed by atoms with E-state index < -0.39 is 0 Å². The first-order valence-corrected chi connectivity index (χ1v) is 7.01. The Labute approximate surface area is 121 Å². The standard InChI is InChI=1S/C12H19N3O4S/c1-18-7-6-15(5-3-11(17)19-2)9-10(16)14-12-13-4-8-20-12/h4,8H,3,5-7,9H2,1-2H3,(H,13,14,16). The Kier molecular flexibility index (Phi) is 7.78. The van der Waals surface area contributed by atoms with E-state index in [2.05, 4.69) is 15.0 Å². The predicted molar refractivity (Wildman–Crippen MR) is 75.7 cm³/mol. The van der Waals surface area contributed by atoms with Crippen LogP contribution in [0.4, 0.5) is 5.13 Å². The van der Waals surface area contributed by atoms with Gasteiger partial charge < -0.3 is 14.8 Å². The zero-order valence-electron chi connectivity index (χ0n) is 11.6. The molecule has 0 aliphatic carbocycles. The topological polar surface area (TPSA) is 80.8 Å². The average Bonchev–Trinajstić information content (AvgIpc) is 2.94. The van der Waals surface area contributed by atoms with Crippen molar-refractivity contribution in [3.05, 3.63) is 11.6 Å². The molecular formula is C12H19N3O4S. The Morgan fingerprint density at radius 2 is 2.20 bits per heavy atom. The second-order valence-corrected chi connectivity index (χ2v) is 4.88. The Balaban J connectivity index is 2.41. The third-order valence-corrected chi connectivity index (χ3v) is 3.21. The number of esters is 1. The van der Waals surface area contributed by atoms with Gasteiger partial charge in [0.25, 0.3) is 0 Å². The molecule has 7 nitrogen and oxygen atoms in total. The lowest BCUT2D eigenvalue weighted by molar-refractivity contribution is -0.141. The molecule has 0 aliphatic rings. The van der Waals surface area contributed by atoms with Crippen molar-refractivity contribution in [2.45, 2.75) is 6.42 Å². The summed E-state index contributed by atoms with van der Waals surface area (Å²) in [5, 5.41) is 5.05. The molecule has 1 amide bonds. The van der Waals surface area contributed by atoms with Crippen molar-refractivity contribution < 1.29 is 19.1 Å². The van der Waals surface area contributed by atoms with E-state index in [-0.39, 0.29) is 24.8 Å². The number of ether oxygens (including phenoxy) is 2. The van der Waals surface area contributed by atoms with Gasteiger partial charge in [-0.1, -0.05) is 0 Å². The highest BCUT2D eigenvalue weighted by Crippen LogP contribution is 2.10. The Bertz CT molecular complexity index is 411. The minimum atomic E-state index is -0.298. The second-order valence-electron chi connectivity index (χ2n) is 3.98. The number of hydrogen-bond donors (Lipinski definition) is 1. The molecule has 0 atom stereocenters. The van der Waals surface area contributed by atoms with Crippen LogP contribution in [0.1, 0.15) is 6.42 Å². The molecule has 1 aromatic rings. The van der Waals surface area contributed by atoms with Crippen LogP contribution in [0.25, 0.3) is 0 Å². The van der Waals surface area contributed by atoms with Gasteiger partial charge in [0.05, 0.1) is 26.7 Å². The molecule has 0 saturated heterocycles. The maximum absolute atomic E-state index is 11.9. The minimum Gasteiger partial charge on any atom is -0.469 e. The number of anilines is 1. The maximum atomic E-state index is 11.9. The van der Waals surface area contributed by atoms with E-state index in [1.807, 2.05) is 4.90 Å². The quantitative estimate of drug-likeness (QED) is 0.673. The molecular weight excluding hydrogens is 282 g/mol. The van der Waals surface area contributed by atoms with Crippen molar-refractivity contribution in [1.29, 1.82) is 0 Å². The highest BCUT2D eigenvalue weighted by molar-refractivity contribution is 7.13. The van der Waals surface area contributed by atoms with Crippen LogP contribution < -0.4 is 5.32 Å². The van der Waals surface area contributed by atoms with Gasteiger partial charge in [0.1, 0.15) is 0 Å². The van der Waals surface area contributed by atoms with Crippen LogP contribution in [0.3, 0.4) is 0 Å². The Hall–Kier alpha value is -1.51. The summed E-state index contributed by atoms with van der Waals surface area (Å²) in [6, 6.07) is 0. The number of aromatic nitrogens is 1. The third-order valence-electron chi connectivity index (χ3n) is 2.52. The van der Waals surface area contributed by atoms with E-state index in [1.54, 1.807) is 18.7 Å². The van der Waals surface area contributed by atoms with E-state index in [9.17, 15) is 9.59 Å². The zero-order chi connectivity index (χ0) is 14.8.